The van der Waals surface area contributed by atoms with E-state index in [1.807, 2.05) is 20.8 Å². The van der Waals surface area contributed by atoms with Crippen molar-refractivity contribution in [2.45, 2.75) is 45.8 Å². The van der Waals surface area contributed by atoms with Crippen LogP contribution in [0.5, 0.6) is 0 Å². The fourth-order valence-corrected chi connectivity index (χ4v) is 1.72. The second-order valence-electron chi connectivity index (χ2n) is 5.31. The summed E-state index contributed by atoms with van der Waals surface area (Å²) in [6.07, 6.45) is -0.0498. The third-order valence-corrected chi connectivity index (χ3v) is 2.38. The summed E-state index contributed by atoms with van der Waals surface area (Å²) >= 11 is 0. The van der Waals surface area contributed by atoms with Crippen molar-refractivity contribution < 1.29 is 19.1 Å². The molecule has 1 amide bonds. The maximum absolute atomic E-state index is 11.9. The highest BCUT2D eigenvalue weighted by atomic mass is 16.6. The highest BCUT2D eigenvalue weighted by Crippen LogP contribution is 2.16. The van der Waals surface area contributed by atoms with Gasteiger partial charge in [0.1, 0.15) is 11.4 Å². The SMILES string of the molecule is CC(=O)C[C@H]1COCCN1C(=O)OC(C)(C)C. The molecule has 0 aromatic carbocycles. The van der Waals surface area contributed by atoms with Gasteiger partial charge in [0.05, 0.1) is 19.3 Å². The van der Waals surface area contributed by atoms with Gasteiger partial charge in [-0.25, -0.2) is 4.79 Å². The number of hydrogen-bond acceptors (Lipinski definition) is 4. The fourth-order valence-electron chi connectivity index (χ4n) is 1.72. The van der Waals surface area contributed by atoms with Crippen molar-refractivity contribution >= 4 is 11.9 Å². The van der Waals surface area contributed by atoms with Crippen molar-refractivity contribution in [3.8, 4) is 0 Å². The molecule has 98 valence electrons. The van der Waals surface area contributed by atoms with E-state index in [1.54, 1.807) is 4.90 Å². The van der Waals surface area contributed by atoms with Crippen molar-refractivity contribution in [2.24, 2.45) is 0 Å². The number of carbonyl (C=O) groups excluding carboxylic acids is 2. The molecule has 0 N–H and O–H groups in total. The first-order chi connectivity index (χ1) is 7.79. The zero-order valence-corrected chi connectivity index (χ0v) is 11.0. The van der Waals surface area contributed by atoms with Crippen LogP contribution in [0.4, 0.5) is 4.79 Å². The van der Waals surface area contributed by atoms with Gasteiger partial charge in [-0.3, -0.25) is 4.79 Å². The minimum atomic E-state index is -0.518. The molecule has 0 unspecified atom stereocenters. The molecule has 17 heavy (non-hydrogen) atoms. The zero-order valence-electron chi connectivity index (χ0n) is 11.0. The average molecular weight is 243 g/mol. The van der Waals surface area contributed by atoms with Gasteiger partial charge < -0.3 is 14.4 Å². The molecule has 5 heteroatoms. The summed E-state index contributed by atoms with van der Waals surface area (Å²) in [4.78, 5) is 24.7. The molecular formula is C12H21NO4. The Morgan fingerprint density at radius 2 is 2.06 bits per heavy atom. The summed E-state index contributed by atoms with van der Waals surface area (Å²) in [5.41, 5.74) is -0.518. The number of rotatable bonds is 2. The van der Waals surface area contributed by atoms with Crippen LogP contribution in [0.15, 0.2) is 0 Å². The lowest BCUT2D eigenvalue weighted by Crippen LogP contribution is -2.50. The summed E-state index contributed by atoms with van der Waals surface area (Å²) < 4.78 is 10.6. The van der Waals surface area contributed by atoms with Gasteiger partial charge in [-0.1, -0.05) is 0 Å². The van der Waals surface area contributed by atoms with Gasteiger partial charge >= 0.3 is 6.09 Å². The van der Waals surface area contributed by atoms with Crippen LogP contribution in [0.2, 0.25) is 0 Å². The molecule has 1 saturated heterocycles. The Morgan fingerprint density at radius 3 is 2.59 bits per heavy atom. The van der Waals surface area contributed by atoms with E-state index < -0.39 is 5.60 Å². The van der Waals surface area contributed by atoms with E-state index in [1.165, 1.54) is 6.92 Å². The Kier molecular flexibility index (Phi) is 4.51. The quantitative estimate of drug-likeness (QED) is 0.739. The predicted octanol–water partition coefficient (Wildman–Crippen LogP) is 1.60. The van der Waals surface area contributed by atoms with Gasteiger partial charge in [0.15, 0.2) is 0 Å². The molecular weight excluding hydrogens is 222 g/mol. The van der Waals surface area contributed by atoms with Crippen LogP contribution in [0.3, 0.4) is 0 Å². The van der Waals surface area contributed by atoms with Gasteiger partial charge in [0.2, 0.25) is 0 Å². The molecule has 5 nitrogen and oxygen atoms in total. The Bertz CT molecular complexity index is 295. The standard InChI is InChI=1S/C12H21NO4/c1-9(14)7-10-8-16-6-5-13(10)11(15)17-12(2,3)4/h10H,5-8H2,1-4H3/t10-/m0/s1. The number of morpholine rings is 1. The third kappa shape index (κ3) is 4.73. The topological polar surface area (TPSA) is 55.8 Å². The summed E-state index contributed by atoms with van der Waals surface area (Å²) in [5, 5.41) is 0. The Balaban J connectivity index is 2.64. The minimum absolute atomic E-state index is 0.0501. The van der Waals surface area contributed by atoms with Crippen molar-refractivity contribution in [1.29, 1.82) is 0 Å². The fraction of sp³-hybridized carbons (Fsp3) is 0.833. The molecule has 0 saturated carbocycles. The van der Waals surface area contributed by atoms with Gasteiger partial charge in [-0.2, -0.15) is 0 Å². The Morgan fingerprint density at radius 1 is 1.41 bits per heavy atom. The Hall–Kier alpha value is -1.10. The molecule has 1 heterocycles. The van der Waals surface area contributed by atoms with Crippen molar-refractivity contribution in [3.05, 3.63) is 0 Å². The van der Waals surface area contributed by atoms with Crippen LogP contribution >= 0.6 is 0 Å². The maximum Gasteiger partial charge on any atom is 0.410 e. The molecule has 0 aliphatic carbocycles. The number of hydrogen-bond donors (Lipinski definition) is 0. The molecule has 0 spiro atoms. The van der Waals surface area contributed by atoms with Gasteiger partial charge in [0.25, 0.3) is 0 Å². The largest absolute Gasteiger partial charge is 0.444 e. The number of nitrogens with zero attached hydrogens (tertiary/aromatic N) is 1. The minimum Gasteiger partial charge on any atom is -0.444 e. The molecule has 0 radical (unpaired) electrons. The molecule has 0 aromatic rings. The zero-order chi connectivity index (χ0) is 13.1. The lowest BCUT2D eigenvalue weighted by molar-refractivity contribution is -0.119. The highest BCUT2D eigenvalue weighted by molar-refractivity contribution is 5.77. The van der Waals surface area contributed by atoms with Crippen LogP contribution in [0.1, 0.15) is 34.1 Å². The number of Topliss-reactive ketones (excluding diaryl/α,β-unsaturated/α-hetero) is 1. The summed E-state index contributed by atoms with van der Waals surface area (Å²) in [6, 6.07) is -0.198. The highest BCUT2D eigenvalue weighted by Gasteiger charge is 2.31. The van der Waals surface area contributed by atoms with Crippen LogP contribution in [-0.4, -0.2) is 48.2 Å². The Labute approximate surface area is 102 Å². The summed E-state index contributed by atoms with van der Waals surface area (Å²) in [7, 11) is 0. The molecule has 1 aliphatic heterocycles. The van der Waals surface area contributed by atoms with E-state index in [0.717, 1.165) is 0 Å². The predicted molar refractivity (Wildman–Crippen MR) is 62.8 cm³/mol. The van der Waals surface area contributed by atoms with Crippen LogP contribution in [0.25, 0.3) is 0 Å². The van der Waals surface area contributed by atoms with Crippen LogP contribution in [-0.2, 0) is 14.3 Å². The van der Waals surface area contributed by atoms with Crippen molar-refractivity contribution in [1.82, 2.24) is 4.90 Å². The maximum atomic E-state index is 11.9. The number of ketones is 1. The molecule has 1 rings (SSSR count). The summed E-state index contributed by atoms with van der Waals surface area (Å²) in [6.45, 7) is 8.36. The first-order valence-electron chi connectivity index (χ1n) is 5.86. The third-order valence-electron chi connectivity index (χ3n) is 2.38. The molecule has 1 fully saturated rings. The van der Waals surface area contributed by atoms with Crippen molar-refractivity contribution in [2.75, 3.05) is 19.8 Å². The van der Waals surface area contributed by atoms with E-state index in [-0.39, 0.29) is 17.9 Å². The van der Waals surface area contributed by atoms with Gasteiger partial charge in [0, 0.05) is 13.0 Å². The second kappa shape index (κ2) is 5.49. The number of ether oxygens (including phenoxy) is 2. The van der Waals surface area contributed by atoms with E-state index in [4.69, 9.17) is 9.47 Å². The smallest absolute Gasteiger partial charge is 0.410 e. The molecule has 0 bridgehead atoms. The lowest BCUT2D eigenvalue weighted by atomic mass is 10.1. The van der Waals surface area contributed by atoms with E-state index in [2.05, 4.69) is 0 Å². The van der Waals surface area contributed by atoms with Crippen molar-refractivity contribution in [3.63, 3.8) is 0 Å². The second-order valence-corrected chi connectivity index (χ2v) is 5.31. The first kappa shape index (κ1) is 14.0. The van der Waals surface area contributed by atoms with Gasteiger partial charge in [-0.05, 0) is 27.7 Å². The summed E-state index contributed by atoms with van der Waals surface area (Å²) in [5.74, 6) is 0.0501. The molecule has 0 aromatic heterocycles. The van der Waals surface area contributed by atoms with Gasteiger partial charge in [-0.15, -0.1) is 0 Å². The monoisotopic (exact) mass is 243 g/mol. The normalized spacial score (nSPS) is 21.2. The molecule has 1 aliphatic rings. The van der Waals surface area contributed by atoms with E-state index in [9.17, 15) is 9.59 Å². The average Bonchev–Trinajstić information content (AvgIpc) is 2.14. The number of amides is 1. The lowest BCUT2D eigenvalue weighted by Gasteiger charge is -2.36. The van der Waals surface area contributed by atoms with Crippen LogP contribution < -0.4 is 0 Å². The molecule has 1 atom stereocenters. The van der Waals surface area contributed by atoms with E-state index >= 15 is 0 Å². The number of carbonyl (C=O) groups is 2. The first-order valence-corrected chi connectivity index (χ1v) is 5.86. The van der Waals surface area contributed by atoms with E-state index in [0.29, 0.717) is 26.2 Å². The van der Waals surface area contributed by atoms with Crippen LogP contribution in [0, 0.1) is 0 Å².